The van der Waals surface area contributed by atoms with E-state index in [0.29, 0.717) is 24.1 Å². The normalized spacial score (nSPS) is 26.8. The molecular weight excluding hydrogens is 442 g/mol. The lowest BCUT2D eigenvalue weighted by atomic mass is 9.76. The van der Waals surface area contributed by atoms with Gasteiger partial charge in [-0.25, -0.2) is 0 Å². The van der Waals surface area contributed by atoms with Gasteiger partial charge in [-0.1, -0.05) is 60.7 Å². The number of nitrogens with one attached hydrogen (secondary N) is 2. The van der Waals surface area contributed by atoms with E-state index in [1.807, 2.05) is 54.6 Å². The Hall–Kier alpha value is -3.97. The van der Waals surface area contributed by atoms with E-state index in [0.717, 1.165) is 11.1 Å². The molecule has 176 valence electrons. The molecule has 2 fully saturated rings. The summed E-state index contributed by atoms with van der Waals surface area (Å²) in [5.41, 5.74) is 2.03. The van der Waals surface area contributed by atoms with Gasteiger partial charge in [0.2, 0.25) is 17.7 Å². The zero-order valence-corrected chi connectivity index (χ0v) is 19.0. The SMILES string of the molecule is O=C1C2C(Cc3ccc(O)cc3)NC3(C(=O)Nc4ccccc43)C2C(=O)N1CCc1ccccc1. The zero-order chi connectivity index (χ0) is 24.2. The van der Waals surface area contributed by atoms with Gasteiger partial charge >= 0.3 is 0 Å². The molecule has 1 spiro atoms. The van der Waals surface area contributed by atoms with Crippen LogP contribution in [0, 0.1) is 11.8 Å². The van der Waals surface area contributed by atoms with Crippen molar-refractivity contribution in [1.82, 2.24) is 10.2 Å². The standard InChI is InChI=1S/C28H25N3O4/c32-19-12-10-18(11-13-19)16-22-23-24(28(30-22)20-8-4-5-9-21(20)29-27(28)35)26(34)31(25(23)33)15-14-17-6-2-1-3-7-17/h1-13,22-24,30,32H,14-16H2,(H,29,35). The Labute approximate surface area is 202 Å². The van der Waals surface area contributed by atoms with Gasteiger partial charge in [0.25, 0.3) is 0 Å². The fourth-order valence-corrected chi connectivity index (χ4v) is 5.98. The van der Waals surface area contributed by atoms with Gasteiger partial charge in [-0.2, -0.15) is 0 Å². The number of carbonyl (C=O) groups excluding carboxylic acids is 3. The third kappa shape index (κ3) is 3.26. The van der Waals surface area contributed by atoms with Crippen molar-refractivity contribution in [2.75, 3.05) is 11.9 Å². The van der Waals surface area contributed by atoms with Crippen LogP contribution in [-0.2, 0) is 32.8 Å². The van der Waals surface area contributed by atoms with Gasteiger partial charge in [-0.05, 0) is 42.2 Å². The maximum absolute atomic E-state index is 13.8. The molecule has 3 N–H and O–H groups in total. The first kappa shape index (κ1) is 21.6. The summed E-state index contributed by atoms with van der Waals surface area (Å²) < 4.78 is 0. The van der Waals surface area contributed by atoms with Crippen molar-refractivity contribution in [3.8, 4) is 5.75 Å². The van der Waals surface area contributed by atoms with Crippen LogP contribution in [0.15, 0.2) is 78.9 Å². The van der Waals surface area contributed by atoms with Gasteiger partial charge in [0.1, 0.15) is 11.3 Å². The minimum absolute atomic E-state index is 0.158. The highest BCUT2D eigenvalue weighted by molar-refractivity contribution is 6.15. The highest BCUT2D eigenvalue weighted by Gasteiger charge is 2.70. The summed E-state index contributed by atoms with van der Waals surface area (Å²) in [6.07, 6.45) is 1.01. The van der Waals surface area contributed by atoms with Gasteiger partial charge in [0, 0.05) is 23.8 Å². The van der Waals surface area contributed by atoms with Gasteiger partial charge in [0.05, 0.1) is 11.8 Å². The predicted molar refractivity (Wildman–Crippen MR) is 129 cm³/mol. The van der Waals surface area contributed by atoms with Crippen molar-refractivity contribution in [1.29, 1.82) is 0 Å². The molecule has 3 amide bonds. The van der Waals surface area contributed by atoms with Crippen molar-refractivity contribution >= 4 is 23.4 Å². The number of imide groups is 1. The van der Waals surface area contributed by atoms with Crippen LogP contribution >= 0.6 is 0 Å². The first-order chi connectivity index (χ1) is 17.0. The maximum atomic E-state index is 13.8. The molecule has 2 saturated heterocycles. The molecule has 3 aromatic carbocycles. The van der Waals surface area contributed by atoms with Crippen LogP contribution in [0.25, 0.3) is 0 Å². The Bertz CT molecular complexity index is 1320. The Morgan fingerprint density at radius 3 is 2.31 bits per heavy atom. The Kier molecular flexibility index (Phi) is 4.96. The molecule has 3 heterocycles. The van der Waals surface area contributed by atoms with Crippen LogP contribution in [0.2, 0.25) is 0 Å². The monoisotopic (exact) mass is 467 g/mol. The van der Waals surface area contributed by atoms with E-state index in [9.17, 15) is 19.5 Å². The summed E-state index contributed by atoms with van der Waals surface area (Å²) in [5, 5.41) is 16.0. The third-order valence-electron chi connectivity index (χ3n) is 7.57. The molecule has 0 bridgehead atoms. The number of rotatable bonds is 5. The van der Waals surface area contributed by atoms with Crippen LogP contribution in [0.1, 0.15) is 16.7 Å². The second kappa shape index (κ2) is 8.06. The van der Waals surface area contributed by atoms with Crippen molar-refractivity contribution in [2.45, 2.75) is 24.4 Å². The van der Waals surface area contributed by atoms with E-state index in [-0.39, 0.29) is 30.0 Å². The summed E-state index contributed by atoms with van der Waals surface area (Å²) in [5.74, 6) is -2.16. The van der Waals surface area contributed by atoms with E-state index in [1.165, 1.54) is 4.90 Å². The molecule has 6 rings (SSSR count). The number of nitrogens with zero attached hydrogens (tertiary/aromatic N) is 1. The van der Waals surface area contributed by atoms with Crippen LogP contribution < -0.4 is 10.6 Å². The van der Waals surface area contributed by atoms with Gasteiger partial charge in [-0.15, -0.1) is 0 Å². The third-order valence-corrected chi connectivity index (χ3v) is 7.57. The molecular formula is C28H25N3O4. The maximum Gasteiger partial charge on any atom is 0.250 e. The van der Waals surface area contributed by atoms with E-state index in [2.05, 4.69) is 10.6 Å². The number of phenols is 1. The van der Waals surface area contributed by atoms with E-state index in [4.69, 9.17) is 0 Å². The summed E-state index contributed by atoms with van der Waals surface area (Å²) >= 11 is 0. The lowest BCUT2D eigenvalue weighted by molar-refractivity contribution is -0.142. The Morgan fingerprint density at radius 2 is 1.54 bits per heavy atom. The number of likely N-dealkylation sites (tertiary alicyclic amines) is 1. The first-order valence-electron chi connectivity index (χ1n) is 11.8. The largest absolute Gasteiger partial charge is 0.508 e. The van der Waals surface area contributed by atoms with Crippen LogP contribution in [0.3, 0.4) is 0 Å². The highest BCUT2D eigenvalue weighted by atomic mass is 16.3. The average molecular weight is 468 g/mol. The summed E-state index contributed by atoms with van der Waals surface area (Å²) in [6, 6.07) is 23.5. The minimum atomic E-state index is -1.29. The van der Waals surface area contributed by atoms with E-state index >= 15 is 0 Å². The lowest BCUT2D eigenvalue weighted by Gasteiger charge is -2.29. The minimum Gasteiger partial charge on any atom is -0.508 e. The number of para-hydroxylation sites is 1. The molecule has 0 aliphatic carbocycles. The molecule has 3 aromatic rings. The Morgan fingerprint density at radius 1 is 0.829 bits per heavy atom. The van der Waals surface area contributed by atoms with Crippen LogP contribution in [-0.4, -0.2) is 40.3 Å². The number of benzene rings is 3. The van der Waals surface area contributed by atoms with Gasteiger partial charge in [0.15, 0.2) is 0 Å². The van der Waals surface area contributed by atoms with Crippen molar-refractivity contribution in [2.24, 2.45) is 11.8 Å². The van der Waals surface area contributed by atoms with E-state index < -0.39 is 23.4 Å². The second-order valence-electron chi connectivity index (χ2n) is 9.50. The molecule has 0 aromatic heterocycles. The first-order valence-corrected chi connectivity index (χ1v) is 11.8. The molecule has 3 aliphatic heterocycles. The average Bonchev–Trinajstić information content (AvgIpc) is 3.44. The highest BCUT2D eigenvalue weighted by Crippen LogP contribution is 2.53. The van der Waals surface area contributed by atoms with Crippen LogP contribution in [0.5, 0.6) is 5.75 Å². The fraction of sp³-hybridized carbons (Fsp3) is 0.250. The Balaban J connectivity index is 1.39. The number of hydrogen-bond acceptors (Lipinski definition) is 5. The number of anilines is 1. The number of amides is 3. The predicted octanol–water partition coefficient (Wildman–Crippen LogP) is 2.60. The lowest BCUT2D eigenvalue weighted by Crippen LogP contribution is -2.53. The quantitative estimate of drug-likeness (QED) is 0.501. The molecule has 7 nitrogen and oxygen atoms in total. The van der Waals surface area contributed by atoms with Crippen molar-refractivity contribution in [3.63, 3.8) is 0 Å². The summed E-state index contributed by atoms with van der Waals surface area (Å²) in [4.78, 5) is 42.4. The second-order valence-corrected chi connectivity index (χ2v) is 9.50. The molecule has 3 aliphatic rings. The number of phenolic OH excluding ortho intramolecular Hbond substituents is 1. The van der Waals surface area contributed by atoms with Crippen molar-refractivity contribution < 1.29 is 19.5 Å². The van der Waals surface area contributed by atoms with Crippen LogP contribution in [0.4, 0.5) is 5.69 Å². The molecule has 0 saturated carbocycles. The molecule has 4 atom stereocenters. The fourth-order valence-electron chi connectivity index (χ4n) is 5.98. The topological polar surface area (TPSA) is 98.7 Å². The van der Waals surface area contributed by atoms with Gasteiger partial charge in [-0.3, -0.25) is 24.6 Å². The van der Waals surface area contributed by atoms with Crippen molar-refractivity contribution in [3.05, 3.63) is 95.6 Å². The smallest absolute Gasteiger partial charge is 0.250 e. The zero-order valence-electron chi connectivity index (χ0n) is 19.0. The molecule has 0 radical (unpaired) electrons. The van der Waals surface area contributed by atoms with E-state index in [1.54, 1.807) is 24.3 Å². The summed E-state index contributed by atoms with van der Waals surface area (Å²) in [7, 11) is 0. The molecule has 7 heteroatoms. The number of carbonyl (C=O) groups is 3. The number of hydrogen-bond donors (Lipinski definition) is 3. The number of aromatic hydroxyl groups is 1. The number of fused-ring (bicyclic) bond motifs is 4. The molecule has 4 unspecified atom stereocenters. The van der Waals surface area contributed by atoms with Gasteiger partial charge < -0.3 is 10.4 Å². The summed E-state index contributed by atoms with van der Waals surface area (Å²) in [6.45, 7) is 0.278. The molecule has 35 heavy (non-hydrogen) atoms.